The van der Waals surface area contributed by atoms with Gasteiger partial charge in [0.15, 0.2) is 0 Å². The lowest BCUT2D eigenvalue weighted by Gasteiger charge is -2.10. The van der Waals surface area contributed by atoms with Gasteiger partial charge in [-0.1, -0.05) is 0 Å². The summed E-state index contributed by atoms with van der Waals surface area (Å²) in [6.45, 7) is 0. The van der Waals surface area contributed by atoms with Gasteiger partial charge in [-0.05, 0) is 42.0 Å². The molecule has 2 rings (SSSR count). The zero-order chi connectivity index (χ0) is 20.7. The van der Waals surface area contributed by atoms with E-state index in [0.29, 0.717) is 17.7 Å². The number of nitro benzene ring substituents is 1. The zero-order valence-corrected chi connectivity index (χ0v) is 13.9. The summed E-state index contributed by atoms with van der Waals surface area (Å²) in [7, 11) is 0. The molecule has 0 aromatic heterocycles. The van der Waals surface area contributed by atoms with Crippen molar-refractivity contribution in [3.8, 4) is 17.6 Å². The van der Waals surface area contributed by atoms with Gasteiger partial charge in [0, 0.05) is 6.07 Å². The van der Waals surface area contributed by atoms with Crippen LogP contribution in [0.25, 0.3) is 0 Å². The topological polar surface area (TPSA) is 118 Å². The first kappa shape index (κ1) is 20.4. The predicted molar refractivity (Wildman–Crippen MR) is 90.6 cm³/mol. The number of benzene rings is 2. The SMILES string of the molecule is N#CCC(=O)NN=Cc1ccc(Oc2ccc(C(F)(F)F)cc2[N+](=O)[O-])cc1. The minimum Gasteiger partial charge on any atom is -0.450 e. The zero-order valence-electron chi connectivity index (χ0n) is 13.9. The average Bonchev–Trinajstić information content (AvgIpc) is 2.62. The number of nitrogens with one attached hydrogen (secondary N) is 1. The first-order valence-corrected chi connectivity index (χ1v) is 7.53. The molecular weight excluding hydrogens is 381 g/mol. The van der Waals surface area contributed by atoms with Crippen molar-refractivity contribution in [1.29, 1.82) is 5.26 Å². The molecule has 0 atom stereocenters. The number of alkyl halides is 3. The fourth-order valence-electron chi connectivity index (χ4n) is 1.96. The summed E-state index contributed by atoms with van der Waals surface area (Å²) in [5.41, 5.74) is 0.693. The van der Waals surface area contributed by atoms with Crippen molar-refractivity contribution in [2.24, 2.45) is 5.10 Å². The Kier molecular flexibility index (Phi) is 6.28. The summed E-state index contributed by atoms with van der Waals surface area (Å²) >= 11 is 0. The van der Waals surface area contributed by atoms with Gasteiger partial charge in [-0.15, -0.1) is 0 Å². The van der Waals surface area contributed by atoms with E-state index in [4.69, 9.17) is 10.00 Å². The van der Waals surface area contributed by atoms with E-state index in [1.54, 1.807) is 6.07 Å². The molecule has 1 N–H and O–H groups in total. The van der Waals surface area contributed by atoms with Gasteiger partial charge < -0.3 is 4.74 Å². The molecule has 0 aliphatic carbocycles. The maximum Gasteiger partial charge on any atom is 0.416 e. The van der Waals surface area contributed by atoms with Gasteiger partial charge in [-0.2, -0.15) is 23.5 Å². The van der Waals surface area contributed by atoms with Crippen LogP contribution in [-0.2, 0) is 11.0 Å². The standard InChI is InChI=1S/C17H11F3N4O4/c18-17(19,20)12-3-6-15(14(9-12)24(26)27)28-13-4-1-11(2-5-13)10-22-23-16(25)7-8-21/h1-6,9-10H,7H2,(H,23,25). The van der Waals surface area contributed by atoms with Gasteiger partial charge in [-0.3, -0.25) is 14.9 Å². The van der Waals surface area contributed by atoms with E-state index in [1.165, 1.54) is 30.5 Å². The second-order valence-electron chi connectivity index (χ2n) is 5.24. The van der Waals surface area contributed by atoms with Crippen LogP contribution in [-0.4, -0.2) is 17.0 Å². The second-order valence-corrected chi connectivity index (χ2v) is 5.24. The highest BCUT2D eigenvalue weighted by atomic mass is 19.4. The third kappa shape index (κ3) is 5.53. The molecule has 0 fully saturated rings. The molecule has 0 bridgehead atoms. The fourth-order valence-corrected chi connectivity index (χ4v) is 1.96. The number of halogens is 3. The molecule has 0 saturated heterocycles. The van der Waals surface area contributed by atoms with Crippen LogP contribution in [0.4, 0.5) is 18.9 Å². The summed E-state index contributed by atoms with van der Waals surface area (Å²) in [5, 5.41) is 23.0. The Morgan fingerprint density at radius 3 is 2.54 bits per heavy atom. The van der Waals surface area contributed by atoms with Crippen LogP contribution in [0.1, 0.15) is 17.5 Å². The molecule has 8 nitrogen and oxygen atoms in total. The van der Waals surface area contributed by atoms with Crippen molar-refractivity contribution in [2.75, 3.05) is 0 Å². The van der Waals surface area contributed by atoms with Crippen LogP contribution >= 0.6 is 0 Å². The number of hydrazone groups is 1. The van der Waals surface area contributed by atoms with Gasteiger partial charge >= 0.3 is 11.9 Å². The number of nitro groups is 1. The maximum atomic E-state index is 12.7. The summed E-state index contributed by atoms with van der Waals surface area (Å²) in [6, 6.07) is 9.47. The number of hydrogen-bond donors (Lipinski definition) is 1. The number of hydrogen-bond acceptors (Lipinski definition) is 6. The summed E-state index contributed by atoms with van der Waals surface area (Å²) in [5.74, 6) is -0.773. The number of amides is 1. The lowest BCUT2D eigenvalue weighted by Crippen LogP contribution is -2.16. The molecule has 0 aliphatic heterocycles. The van der Waals surface area contributed by atoms with Crippen LogP contribution in [0.5, 0.6) is 11.5 Å². The molecule has 144 valence electrons. The highest BCUT2D eigenvalue weighted by Gasteiger charge is 2.33. The molecular formula is C17H11F3N4O4. The van der Waals surface area contributed by atoms with Gasteiger partial charge in [0.1, 0.15) is 12.2 Å². The molecule has 0 saturated carbocycles. The van der Waals surface area contributed by atoms with E-state index in [1.807, 2.05) is 0 Å². The van der Waals surface area contributed by atoms with Crippen molar-refractivity contribution in [3.05, 3.63) is 63.7 Å². The van der Waals surface area contributed by atoms with E-state index >= 15 is 0 Å². The Hall–Kier alpha value is -3.94. The smallest absolute Gasteiger partial charge is 0.416 e. The lowest BCUT2D eigenvalue weighted by molar-refractivity contribution is -0.385. The number of nitrogens with zero attached hydrogens (tertiary/aromatic N) is 3. The van der Waals surface area contributed by atoms with E-state index in [0.717, 1.165) is 6.07 Å². The van der Waals surface area contributed by atoms with Crippen molar-refractivity contribution in [3.63, 3.8) is 0 Å². The third-order valence-corrected chi connectivity index (χ3v) is 3.23. The molecule has 2 aromatic carbocycles. The number of carbonyl (C=O) groups excluding carboxylic acids is 1. The summed E-state index contributed by atoms with van der Waals surface area (Å²) in [6.07, 6.45) is -3.76. The molecule has 1 amide bonds. The van der Waals surface area contributed by atoms with Gasteiger partial charge in [-0.25, -0.2) is 5.43 Å². The molecule has 0 unspecified atom stereocenters. The number of nitriles is 1. The number of ether oxygens (including phenoxy) is 1. The molecule has 0 heterocycles. The second kappa shape index (κ2) is 8.63. The van der Waals surface area contributed by atoms with Crippen molar-refractivity contribution in [1.82, 2.24) is 5.43 Å². The lowest BCUT2D eigenvalue weighted by atomic mass is 10.2. The monoisotopic (exact) mass is 392 g/mol. The molecule has 11 heteroatoms. The molecule has 0 spiro atoms. The molecule has 28 heavy (non-hydrogen) atoms. The Labute approximate surface area is 156 Å². The van der Waals surface area contributed by atoms with Crippen LogP contribution in [0.2, 0.25) is 0 Å². The highest BCUT2D eigenvalue weighted by Crippen LogP contribution is 2.37. The predicted octanol–water partition coefficient (Wildman–Crippen LogP) is 3.77. The normalized spacial score (nSPS) is 11.1. The van der Waals surface area contributed by atoms with E-state index in [9.17, 15) is 28.1 Å². The van der Waals surface area contributed by atoms with E-state index < -0.39 is 28.3 Å². The van der Waals surface area contributed by atoms with Gasteiger partial charge in [0.2, 0.25) is 5.75 Å². The third-order valence-electron chi connectivity index (χ3n) is 3.23. The number of carbonyl (C=O) groups is 1. The van der Waals surface area contributed by atoms with Crippen LogP contribution in [0.3, 0.4) is 0 Å². The summed E-state index contributed by atoms with van der Waals surface area (Å²) < 4.78 is 43.4. The van der Waals surface area contributed by atoms with Gasteiger partial charge in [0.05, 0.1) is 22.8 Å². The first-order chi connectivity index (χ1) is 13.2. The Balaban J connectivity index is 2.14. The fraction of sp³-hybridized carbons (Fsp3) is 0.118. The van der Waals surface area contributed by atoms with Crippen molar-refractivity contribution >= 4 is 17.8 Å². The first-order valence-electron chi connectivity index (χ1n) is 7.53. The Bertz CT molecular complexity index is 950. The average molecular weight is 392 g/mol. The van der Waals surface area contributed by atoms with E-state index in [-0.39, 0.29) is 17.9 Å². The van der Waals surface area contributed by atoms with Crippen LogP contribution in [0.15, 0.2) is 47.6 Å². The largest absolute Gasteiger partial charge is 0.450 e. The van der Waals surface area contributed by atoms with Crippen LogP contribution in [0, 0.1) is 21.4 Å². The summed E-state index contributed by atoms with van der Waals surface area (Å²) in [4.78, 5) is 21.2. The van der Waals surface area contributed by atoms with Gasteiger partial charge in [0.25, 0.3) is 5.91 Å². The van der Waals surface area contributed by atoms with Crippen molar-refractivity contribution in [2.45, 2.75) is 12.6 Å². The minimum atomic E-state index is -4.72. The molecule has 0 aliphatic rings. The minimum absolute atomic E-state index is 0.147. The van der Waals surface area contributed by atoms with Crippen molar-refractivity contribution < 1.29 is 27.6 Å². The highest BCUT2D eigenvalue weighted by molar-refractivity contribution is 5.83. The quantitative estimate of drug-likeness (QED) is 0.456. The molecule has 0 radical (unpaired) electrons. The Morgan fingerprint density at radius 1 is 1.29 bits per heavy atom. The number of rotatable bonds is 6. The van der Waals surface area contributed by atoms with E-state index in [2.05, 4.69) is 10.5 Å². The van der Waals surface area contributed by atoms with Crippen LogP contribution < -0.4 is 10.2 Å². The molecule has 2 aromatic rings. The maximum absolute atomic E-state index is 12.7. The Morgan fingerprint density at radius 2 is 1.96 bits per heavy atom.